The van der Waals surface area contributed by atoms with Crippen molar-refractivity contribution in [3.63, 3.8) is 0 Å². The highest BCUT2D eigenvalue weighted by Gasteiger charge is 2.15. The van der Waals surface area contributed by atoms with Gasteiger partial charge in [-0.2, -0.15) is 0 Å². The van der Waals surface area contributed by atoms with Crippen molar-refractivity contribution in [1.29, 1.82) is 0 Å². The summed E-state index contributed by atoms with van der Waals surface area (Å²) in [5.41, 5.74) is 1.27. The normalized spacial score (nSPS) is 16.5. The lowest BCUT2D eigenvalue weighted by Gasteiger charge is -2.29. The smallest absolute Gasteiger partial charge is 0.133 e. The number of ether oxygens (including phenoxy) is 1. The van der Waals surface area contributed by atoms with Crippen molar-refractivity contribution >= 4 is 5.82 Å². The molecule has 0 bridgehead atoms. The number of morpholine rings is 1. The largest absolute Gasteiger partial charge is 0.378 e. The minimum atomic E-state index is 0.493. The van der Waals surface area contributed by atoms with Gasteiger partial charge in [0.2, 0.25) is 0 Å². The van der Waals surface area contributed by atoms with Gasteiger partial charge in [0.25, 0.3) is 0 Å². The lowest BCUT2D eigenvalue weighted by molar-refractivity contribution is 0.122. The molecule has 2 heterocycles. The van der Waals surface area contributed by atoms with Gasteiger partial charge in [-0.05, 0) is 6.07 Å². The highest BCUT2D eigenvalue weighted by molar-refractivity contribution is 5.46. The zero-order chi connectivity index (χ0) is 12.1. The van der Waals surface area contributed by atoms with E-state index in [4.69, 9.17) is 4.74 Å². The van der Waals surface area contributed by atoms with Crippen molar-refractivity contribution in [2.24, 2.45) is 0 Å². The number of nitrogens with zero attached hydrogens (tertiary/aromatic N) is 2. The molecule has 1 aromatic rings. The molecular formula is C13H21N3O. The molecule has 0 aliphatic carbocycles. The zero-order valence-corrected chi connectivity index (χ0v) is 10.6. The average molecular weight is 235 g/mol. The van der Waals surface area contributed by atoms with Gasteiger partial charge in [0.05, 0.1) is 13.2 Å². The summed E-state index contributed by atoms with van der Waals surface area (Å²) in [5, 5.41) is 3.44. The molecule has 0 saturated carbocycles. The summed E-state index contributed by atoms with van der Waals surface area (Å²) in [6.07, 6.45) is 1.86. The molecule has 0 atom stereocenters. The van der Waals surface area contributed by atoms with Crippen molar-refractivity contribution in [2.75, 3.05) is 31.2 Å². The first kappa shape index (κ1) is 12.3. The Hall–Kier alpha value is -1.13. The van der Waals surface area contributed by atoms with E-state index < -0.39 is 0 Å². The van der Waals surface area contributed by atoms with Gasteiger partial charge in [0.1, 0.15) is 5.82 Å². The van der Waals surface area contributed by atoms with E-state index >= 15 is 0 Å². The molecule has 1 fully saturated rings. The first-order chi connectivity index (χ1) is 8.27. The summed E-state index contributed by atoms with van der Waals surface area (Å²) in [6.45, 7) is 8.66. The first-order valence-corrected chi connectivity index (χ1v) is 6.27. The molecule has 2 rings (SSSR count). The number of hydrogen-bond acceptors (Lipinski definition) is 4. The Morgan fingerprint density at radius 1 is 1.41 bits per heavy atom. The van der Waals surface area contributed by atoms with Crippen LogP contribution >= 0.6 is 0 Å². The SMILES string of the molecule is CC(C)NCc1cccnc1N1CCOCC1. The van der Waals surface area contributed by atoms with E-state index in [1.807, 2.05) is 12.3 Å². The second kappa shape index (κ2) is 5.98. The maximum absolute atomic E-state index is 5.37. The molecule has 1 aliphatic heterocycles. The van der Waals surface area contributed by atoms with E-state index in [2.05, 4.69) is 35.1 Å². The Kier molecular flexibility index (Phi) is 4.34. The van der Waals surface area contributed by atoms with Crippen LogP contribution in [0, 0.1) is 0 Å². The molecule has 4 heteroatoms. The Morgan fingerprint density at radius 2 is 2.18 bits per heavy atom. The van der Waals surface area contributed by atoms with Crippen LogP contribution in [-0.4, -0.2) is 37.3 Å². The number of pyridine rings is 1. The van der Waals surface area contributed by atoms with E-state index in [1.165, 1.54) is 5.56 Å². The highest BCUT2D eigenvalue weighted by Crippen LogP contribution is 2.18. The summed E-state index contributed by atoms with van der Waals surface area (Å²) in [7, 11) is 0. The van der Waals surface area contributed by atoms with Crippen LogP contribution in [0.25, 0.3) is 0 Å². The number of hydrogen-bond donors (Lipinski definition) is 1. The number of aromatic nitrogens is 1. The second-order valence-electron chi connectivity index (χ2n) is 4.62. The third-order valence-corrected chi connectivity index (χ3v) is 2.88. The lowest BCUT2D eigenvalue weighted by Crippen LogP contribution is -2.37. The van der Waals surface area contributed by atoms with Crippen LogP contribution in [0.15, 0.2) is 18.3 Å². The molecule has 1 saturated heterocycles. The second-order valence-corrected chi connectivity index (χ2v) is 4.62. The molecule has 94 valence electrons. The molecule has 1 aromatic heterocycles. The van der Waals surface area contributed by atoms with Crippen LogP contribution in [0.5, 0.6) is 0 Å². The van der Waals surface area contributed by atoms with Crippen molar-refractivity contribution in [1.82, 2.24) is 10.3 Å². The standard InChI is InChI=1S/C13H21N3O/c1-11(2)15-10-12-4-3-5-14-13(12)16-6-8-17-9-7-16/h3-5,11,15H,6-10H2,1-2H3. The quantitative estimate of drug-likeness (QED) is 0.856. The Bertz CT molecular complexity index is 348. The highest BCUT2D eigenvalue weighted by atomic mass is 16.5. The summed E-state index contributed by atoms with van der Waals surface area (Å²) in [5.74, 6) is 1.10. The number of anilines is 1. The van der Waals surface area contributed by atoms with Crippen LogP contribution in [0.4, 0.5) is 5.82 Å². The third kappa shape index (κ3) is 3.41. The minimum absolute atomic E-state index is 0.493. The molecule has 1 N–H and O–H groups in total. The molecule has 4 nitrogen and oxygen atoms in total. The summed E-state index contributed by atoms with van der Waals surface area (Å²) in [6, 6.07) is 4.64. The fourth-order valence-electron chi connectivity index (χ4n) is 1.94. The van der Waals surface area contributed by atoms with E-state index in [9.17, 15) is 0 Å². The average Bonchev–Trinajstić information content (AvgIpc) is 2.38. The van der Waals surface area contributed by atoms with Gasteiger partial charge in [-0.25, -0.2) is 4.98 Å². The van der Waals surface area contributed by atoms with E-state index in [0.717, 1.165) is 38.7 Å². The molecule has 0 amide bonds. The van der Waals surface area contributed by atoms with Crippen LogP contribution in [0.1, 0.15) is 19.4 Å². The number of nitrogens with one attached hydrogen (secondary N) is 1. The summed E-state index contributed by atoms with van der Waals surface area (Å²) < 4.78 is 5.37. The van der Waals surface area contributed by atoms with Gasteiger partial charge >= 0.3 is 0 Å². The molecule has 0 spiro atoms. The van der Waals surface area contributed by atoms with Crippen LogP contribution in [0.2, 0.25) is 0 Å². The lowest BCUT2D eigenvalue weighted by atomic mass is 10.2. The molecule has 0 aromatic carbocycles. The van der Waals surface area contributed by atoms with Crippen LogP contribution in [0.3, 0.4) is 0 Å². The van der Waals surface area contributed by atoms with Gasteiger partial charge < -0.3 is 15.0 Å². The predicted octanol–water partition coefficient (Wildman–Crippen LogP) is 1.42. The van der Waals surface area contributed by atoms with Crippen LogP contribution in [-0.2, 0) is 11.3 Å². The number of rotatable bonds is 4. The molecule has 1 aliphatic rings. The van der Waals surface area contributed by atoms with Gasteiger partial charge in [0.15, 0.2) is 0 Å². The fraction of sp³-hybridized carbons (Fsp3) is 0.615. The molecule has 0 unspecified atom stereocenters. The first-order valence-electron chi connectivity index (χ1n) is 6.27. The monoisotopic (exact) mass is 235 g/mol. The Balaban J connectivity index is 2.09. The topological polar surface area (TPSA) is 37.4 Å². The third-order valence-electron chi connectivity index (χ3n) is 2.88. The van der Waals surface area contributed by atoms with Crippen molar-refractivity contribution < 1.29 is 4.74 Å². The van der Waals surface area contributed by atoms with Gasteiger partial charge in [-0.3, -0.25) is 0 Å². The van der Waals surface area contributed by atoms with Crippen molar-refractivity contribution in [3.8, 4) is 0 Å². The van der Waals surface area contributed by atoms with Gasteiger partial charge in [0, 0.05) is 37.4 Å². The van der Waals surface area contributed by atoms with Crippen molar-refractivity contribution in [2.45, 2.75) is 26.4 Å². The summed E-state index contributed by atoms with van der Waals surface area (Å²) >= 11 is 0. The summed E-state index contributed by atoms with van der Waals surface area (Å²) in [4.78, 5) is 6.82. The van der Waals surface area contributed by atoms with E-state index in [-0.39, 0.29) is 0 Å². The van der Waals surface area contributed by atoms with Crippen LogP contribution < -0.4 is 10.2 Å². The molecular weight excluding hydrogens is 214 g/mol. The van der Waals surface area contributed by atoms with Gasteiger partial charge in [-0.1, -0.05) is 19.9 Å². The fourth-order valence-corrected chi connectivity index (χ4v) is 1.94. The maximum Gasteiger partial charge on any atom is 0.133 e. The van der Waals surface area contributed by atoms with Crippen molar-refractivity contribution in [3.05, 3.63) is 23.9 Å². The molecule has 17 heavy (non-hydrogen) atoms. The van der Waals surface area contributed by atoms with E-state index in [1.54, 1.807) is 0 Å². The minimum Gasteiger partial charge on any atom is -0.378 e. The maximum atomic E-state index is 5.37. The zero-order valence-electron chi connectivity index (χ0n) is 10.6. The Morgan fingerprint density at radius 3 is 2.88 bits per heavy atom. The molecule has 0 radical (unpaired) electrons. The predicted molar refractivity (Wildman–Crippen MR) is 69.2 cm³/mol. The van der Waals surface area contributed by atoms with Gasteiger partial charge in [-0.15, -0.1) is 0 Å². The Labute approximate surface area is 103 Å². The van der Waals surface area contributed by atoms with E-state index in [0.29, 0.717) is 6.04 Å².